The van der Waals surface area contributed by atoms with Crippen molar-refractivity contribution in [3.63, 3.8) is 0 Å². The fourth-order valence-corrected chi connectivity index (χ4v) is 1.91. The first-order valence-electron chi connectivity index (χ1n) is 6.46. The van der Waals surface area contributed by atoms with Gasteiger partial charge in [0.1, 0.15) is 0 Å². The highest BCUT2D eigenvalue weighted by molar-refractivity contribution is 5.93. The number of hydrogen-bond donors (Lipinski definition) is 0. The van der Waals surface area contributed by atoms with Crippen LogP contribution in [0.5, 0.6) is 0 Å². The molecule has 0 spiro atoms. The van der Waals surface area contributed by atoms with Crippen LogP contribution in [-0.2, 0) is 5.41 Å². The largest absolute Gasteiger partial charge is 0.294 e. The van der Waals surface area contributed by atoms with Crippen molar-refractivity contribution >= 4 is 5.78 Å². The third-order valence-electron chi connectivity index (χ3n) is 3.22. The highest BCUT2D eigenvalue weighted by Gasteiger charge is 2.13. The molecule has 2 heteroatoms. The standard InChI is InChI=1S/C17H19NO/c1-12(19)14-7-10-16(18-11-14)13-5-8-15(9-6-13)17(2,3)4/h5-11H,1-4H3. The van der Waals surface area contributed by atoms with E-state index in [1.165, 1.54) is 5.56 Å². The van der Waals surface area contributed by atoms with Gasteiger partial charge in [-0.05, 0) is 30.0 Å². The Kier molecular flexibility index (Phi) is 3.52. The molecule has 0 saturated heterocycles. The molecule has 1 aromatic carbocycles. The minimum atomic E-state index is 0.0436. The summed E-state index contributed by atoms with van der Waals surface area (Å²) in [6, 6.07) is 12.1. The van der Waals surface area contributed by atoms with Crippen molar-refractivity contribution in [2.45, 2.75) is 33.1 Å². The fraction of sp³-hybridized carbons (Fsp3) is 0.294. The van der Waals surface area contributed by atoms with Gasteiger partial charge in [-0.15, -0.1) is 0 Å². The fourth-order valence-electron chi connectivity index (χ4n) is 1.91. The Bertz CT molecular complexity index is 574. The number of pyridine rings is 1. The molecule has 0 fully saturated rings. The van der Waals surface area contributed by atoms with Crippen LogP contribution in [0.2, 0.25) is 0 Å². The summed E-state index contributed by atoms with van der Waals surface area (Å²) in [6.45, 7) is 8.14. The maximum Gasteiger partial charge on any atom is 0.161 e. The lowest BCUT2D eigenvalue weighted by molar-refractivity contribution is 0.101. The molecule has 2 rings (SSSR count). The lowest BCUT2D eigenvalue weighted by Gasteiger charge is -2.19. The maximum atomic E-state index is 11.2. The molecule has 0 N–H and O–H groups in total. The lowest BCUT2D eigenvalue weighted by Crippen LogP contribution is -2.10. The average Bonchev–Trinajstić information content (AvgIpc) is 2.38. The number of aromatic nitrogens is 1. The van der Waals surface area contributed by atoms with Gasteiger partial charge in [0.15, 0.2) is 5.78 Å². The molecule has 0 amide bonds. The number of Topliss-reactive ketones (excluding diaryl/α,β-unsaturated/α-hetero) is 1. The summed E-state index contributed by atoms with van der Waals surface area (Å²) in [5.41, 5.74) is 4.07. The number of ketones is 1. The van der Waals surface area contributed by atoms with Crippen LogP contribution in [0.25, 0.3) is 11.3 Å². The third kappa shape index (κ3) is 3.08. The Hall–Kier alpha value is -1.96. The molecule has 98 valence electrons. The van der Waals surface area contributed by atoms with E-state index in [1.54, 1.807) is 13.1 Å². The van der Waals surface area contributed by atoms with Gasteiger partial charge in [-0.3, -0.25) is 9.78 Å². The molecule has 1 aromatic heterocycles. The Morgan fingerprint density at radius 3 is 2.05 bits per heavy atom. The molecule has 0 bridgehead atoms. The number of rotatable bonds is 2. The van der Waals surface area contributed by atoms with Crippen LogP contribution in [0.15, 0.2) is 42.6 Å². The van der Waals surface area contributed by atoms with Crippen molar-refractivity contribution < 1.29 is 4.79 Å². The summed E-state index contributed by atoms with van der Waals surface area (Å²) in [5, 5.41) is 0. The third-order valence-corrected chi connectivity index (χ3v) is 3.22. The summed E-state index contributed by atoms with van der Waals surface area (Å²) in [5.74, 6) is 0.0436. The summed E-state index contributed by atoms with van der Waals surface area (Å²) < 4.78 is 0. The van der Waals surface area contributed by atoms with E-state index in [4.69, 9.17) is 0 Å². The van der Waals surface area contributed by atoms with Crippen molar-refractivity contribution in [2.24, 2.45) is 0 Å². The molecule has 0 radical (unpaired) electrons. The quantitative estimate of drug-likeness (QED) is 0.749. The Labute approximate surface area is 114 Å². The highest BCUT2D eigenvalue weighted by atomic mass is 16.1. The molecule has 0 saturated carbocycles. The SMILES string of the molecule is CC(=O)c1ccc(-c2ccc(C(C)(C)C)cc2)nc1. The first-order valence-corrected chi connectivity index (χ1v) is 6.46. The van der Waals surface area contributed by atoms with E-state index in [0.717, 1.165) is 11.3 Å². The molecule has 2 aromatic rings. The number of benzene rings is 1. The summed E-state index contributed by atoms with van der Waals surface area (Å²) in [6.07, 6.45) is 1.63. The van der Waals surface area contributed by atoms with Gasteiger partial charge in [-0.2, -0.15) is 0 Å². The van der Waals surface area contributed by atoms with Gasteiger partial charge in [0, 0.05) is 17.3 Å². The Morgan fingerprint density at radius 1 is 1.00 bits per heavy atom. The van der Waals surface area contributed by atoms with E-state index in [0.29, 0.717) is 5.56 Å². The van der Waals surface area contributed by atoms with E-state index < -0.39 is 0 Å². The summed E-state index contributed by atoms with van der Waals surface area (Å²) in [4.78, 5) is 15.5. The Morgan fingerprint density at radius 2 is 1.63 bits per heavy atom. The molecule has 0 aliphatic rings. The lowest BCUT2D eigenvalue weighted by atomic mass is 9.86. The van der Waals surface area contributed by atoms with Gasteiger partial charge in [0.25, 0.3) is 0 Å². The van der Waals surface area contributed by atoms with Gasteiger partial charge in [0.2, 0.25) is 0 Å². The average molecular weight is 253 g/mol. The molecule has 0 atom stereocenters. The minimum absolute atomic E-state index is 0.0436. The first-order chi connectivity index (χ1) is 8.88. The molecule has 19 heavy (non-hydrogen) atoms. The van der Waals surface area contributed by atoms with Gasteiger partial charge >= 0.3 is 0 Å². The second-order valence-electron chi connectivity index (χ2n) is 5.82. The smallest absolute Gasteiger partial charge is 0.161 e. The zero-order chi connectivity index (χ0) is 14.0. The van der Waals surface area contributed by atoms with E-state index in [9.17, 15) is 4.79 Å². The van der Waals surface area contributed by atoms with E-state index in [2.05, 4.69) is 50.0 Å². The molecule has 2 nitrogen and oxygen atoms in total. The predicted molar refractivity (Wildman–Crippen MR) is 78.4 cm³/mol. The molecule has 0 unspecified atom stereocenters. The zero-order valence-electron chi connectivity index (χ0n) is 11.9. The topological polar surface area (TPSA) is 30.0 Å². The second kappa shape index (κ2) is 4.96. The normalized spacial score (nSPS) is 11.4. The van der Waals surface area contributed by atoms with Gasteiger partial charge in [0.05, 0.1) is 5.69 Å². The van der Waals surface area contributed by atoms with Crippen molar-refractivity contribution in [3.8, 4) is 11.3 Å². The van der Waals surface area contributed by atoms with Crippen LogP contribution in [0, 0.1) is 0 Å². The van der Waals surface area contributed by atoms with Crippen molar-refractivity contribution in [1.29, 1.82) is 0 Å². The summed E-state index contributed by atoms with van der Waals surface area (Å²) in [7, 11) is 0. The second-order valence-corrected chi connectivity index (χ2v) is 5.82. The van der Waals surface area contributed by atoms with Crippen molar-refractivity contribution in [1.82, 2.24) is 4.98 Å². The number of carbonyl (C=O) groups excluding carboxylic acids is 1. The van der Waals surface area contributed by atoms with E-state index >= 15 is 0 Å². The predicted octanol–water partition coefficient (Wildman–Crippen LogP) is 4.25. The first kappa shape index (κ1) is 13.5. The molecular weight excluding hydrogens is 234 g/mol. The summed E-state index contributed by atoms with van der Waals surface area (Å²) >= 11 is 0. The number of hydrogen-bond acceptors (Lipinski definition) is 2. The van der Waals surface area contributed by atoms with Gasteiger partial charge < -0.3 is 0 Å². The van der Waals surface area contributed by atoms with Crippen molar-refractivity contribution in [3.05, 3.63) is 53.7 Å². The maximum absolute atomic E-state index is 11.2. The monoisotopic (exact) mass is 253 g/mol. The molecule has 0 aliphatic heterocycles. The van der Waals surface area contributed by atoms with Gasteiger partial charge in [-0.25, -0.2) is 0 Å². The molecule has 1 heterocycles. The van der Waals surface area contributed by atoms with Crippen LogP contribution in [-0.4, -0.2) is 10.8 Å². The van der Waals surface area contributed by atoms with E-state index in [1.807, 2.05) is 12.1 Å². The highest BCUT2D eigenvalue weighted by Crippen LogP contribution is 2.25. The Balaban J connectivity index is 2.30. The van der Waals surface area contributed by atoms with Gasteiger partial charge in [-0.1, -0.05) is 45.0 Å². The number of nitrogens with zero attached hydrogens (tertiary/aromatic N) is 1. The molecular formula is C17H19NO. The zero-order valence-corrected chi connectivity index (χ0v) is 11.9. The van der Waals surface area contributed by atoms with Crippen molar-refractivity contribution in [2.75, 3.05) is 0 Å². The van der Waals surface area contributed by atoms with E-state index in [-0.39, 0.29) is 11.2 Å². The van der Waals surface area contributed by atoms with Crippen LogP contribution in [0.1, 0.15) is 43.6 Å². The number of carbonyl (C=O) groups is 1. The van der Waals surface area contributed by atoms with Crippen LogP contribution in [0.3, 0.4) is 0 Å². The van der Waals surface area contributed by atoms with Crippen LogP contribution in [0.4, 0.5) is 0 Å². The van der Waals surface area contributed by atoms with Crippen LogP contribution >= 0.6 is 0 Å². The molecule has 0 aliphatic carbocycles. The van der Waals surface area contributed by atoms with Crippen LogP contribution < -0.4 is 0 Å². The minimum Gasteiger partial charge on any atom is -0.294 e.